The molecule has 19 heavy (non-hydrogen) atoms. The molecule has 0 saturated heterocycles. The molecule has 0 unspecified atom stereocenters. The second-order valence-corrected chi connectivity index (χ2v) is 6.24. The average Bonchev–Trinajstić information content (AvgIpc) is 2.37. The Morgan fingerprint density at radius 2 is 2.16 bits per heavy atom. The summed E-state index contributed by atoms with van der Waals surface area (Å²) in [6.45, 7) is 0.162. The molecular formula is C11H16ClFN2O3S. The minimum Gasteiger partial charge on any atom is -0.396 e. The van der Waals surface area contributed by atoms with Gasteiger partial charge in [0.1, 0.15) is 5.82 Å². The highest BCUT2D eigenvalue weighted by Gasteiger charge is 2.16. The molecule has 1 aromatic carbocycles. The topological polar surface area (TPSA) is 69.6 Å². The first-order valence-corrected chi connectivity index (χ1v) is 7.44. The van der Waals surface area contributed by atoms with E-state index in [0.717, 1.165) is 4.31 Å². The molecule has 2 N–H and O–H groups in total. The largest absolute Gasteiger partial charge is 0.396 e. The van der Waals surface area contributed by atoms with Crippen molar-refractivity contribution in [1.82, 2.24) is 9.03 Å². The molecule has 0 aliphatic carbocycles. The maximum Gasteiger partial charge on any atom is 0.279 e. The quantitative estimate of drug-likeness (QED) is 0.793. The van der Waals surface area contributed by atoms with Gasteiger partial charge in [0, 0.05) is 26.7 Å². The highest BCUT2D eigenvalue weighted by atomic mass is 35.5. The SMILES string of the molecule is CN(CCCO)S(=O)(=O)NCc1ccc(F)c(Cl)c1. The predicted octanol–water partition coefficient (Wildman–Crippen LogP) is 1.13. The van der Waals surface area contributed by atoms with E-state index >= 15 is 0 Å². The number of aliphatic hydroxyl groups is 1. The molecule has 0 aromatic heterocycles. The average molecular weight is 311 g/mol. The van der Waals surface area contributed by atoms with E-state index in [1.54, 1.807) is 0 Å². The molecule has 0 aliphatic rings. The van der Waals surface area contributed by atoms with E-state index in [2.05, 4.69) is 4.72 Å². The van der Waals surface area contributed by atoms with Gasteiger partial charge in [0.2, 0.25) is 0 Å². The molecule has 0 fully saturated rings. The van der Waals surface area contributed by atoms with Crippen LogP contribution in [-0.4, -0.2) is 38.0 Å². The zero-order valence-electron chi connectivity index (χ0n) is 10.4. The molecule has 5 nitrogen and oxygen atoms in total. The van der Waals surface area contributed by atoms with E-state index < -0.39 is 16.0 Å². The summed E-state index contributed by atoms with van der Waals surface area (Å²) in [5, 5.41) is 8.60. The number of rotatable bonds is 7. The second kappa shape index (κ2) is 7.16. The van der Waals surface area contributed by atoms with Crippen molar-refractivity contribution in [3.63, 3.8) is 0 Å². The lowest BCUT2D eigenvalue weighted by Gasteiger charge is -2.17. The van der Waals surface area contributed by atoms with Gasteiger partial charge in [-0.1, -0.05) is 17.7 Å². The van der Waals surface area contributed by atoms with Crippen molar-refractivity contribution in [3.8, 4) is 0 Å². The van der Waals surface area contributed by atoms with Crippen LogP contribution in [0.3, 0.4) is 0 Å². The molecule has 0 spiro atoms. The second-order valence-electron chi connectivity index (χ2n) is 3.97. The highest BCUT2D eigenvalue weighted by molar-refractivity contribution is 7.87. The highest BCUT2D eigenvalue weighted by Crippen LogP contribution is 2.16. The van der Waals surface area contributed by atoms with Crippen LogP contribution in [0.4, 0.5) is 4.39 Å². The normalized spacial score (nSPS) is 12.1. The van der Waals surface area contributed by atoms with Gasteiger partial charge in [0.25, 0.3) is 10.2 Å². The Morgan fingerprint density at radius 3 is 2.74 bits per heavy atom. The Hall–Kier alpha value is -0.730. The van der Waals surface area contributed by atoms with Crippen molar-refractivity contribution < 1.29 is 17.9 Å². The zero-order valence-corrected chi connectivity index (χ0v) is 12.0. The van der Waals surface area contributed by atoms with Crippen molar-refractivity contribution in [2.45, 2.75) is 13.0 Å². The number of benzene rings is 1. The Balaban J connectivity index is 2.62. The van der Waals surface area contributed by atoms with E-state index in [1.165, 1.54) is 25.2 Å². The number of aliphatic hydroxyl groups excluding tert-OH is 1. The smallest absolute Gasteiger partial charge is 0.279 e. The standard InChI is InChI=1S/C11H16ClFN2O3S/c1-15(5-2-6-16)19(17,18)14-8-9-3-4-11(13)10(12)7-9/h3-4,7,14,16H,2,5-6,8H2,1H3. The van der Waals surface area contributed by atoms with Crippen LogP contribution in [0.5, 0.6) is 0 Å². The molecule has 0 atom stereocenters. The fourth-order valence-electron chi connectivity index (χ4n) is 1.35. The summed E-state index contributed by atoms with van der Waals surface area (Å²) in [7, 11) is -2.21. The van der Waals surface area contributed by atoms with E-state index in [-0.39, 0.29) is 24.7 Å². The van der Waals surface area contributed by atoms with Crippen molar-refractivity contribution in [2.24, 2.45) is 0 Å². The van der Waals surface area contributed by atoms with Gasteiger partial charge in [-0.25, -0.2) is 4.39 Å². The molecule has 1 aromatic rings. The van der Waals surface area contributed by atoms with Gasteiger partial charge in [0.15, 0.2) is 0 Å². The molecule has 0 aliphatic heterocycles. The first-order chi connectivity index (χ1) is 8.86. The molecule has 0 radical (unpaired) electrons. The number of nitrogens with zero attached hydrogens (tertiary/aromatic N) is 1. The van der Waals surface area contributed by atoms with E-state index in [0.29, 0.717) is 12.0 Å². The van der Waals surface area contributed by atoms with Gasteiger partial charge in [-0.05, 0) is 24.1 Å². The molecule has 108 valence electrons. The molecule has 0 heterocycles. The van der Waals surface area contributed by atoms with Gasteiger partial charge in [-0.3, -0.25) is 0 Å². The fourth-order valence-corrected chi connectivity index (χ4v) is 2.49. The first kappa shape index (κ1) is 16.3. The summed E-state index contributed by atoms with van der Waals surface area (Å²) in [5.41, 5.74) is 0.561. The molecule has 8 heteroatoms. The summed E-state index contributed by atoms with van der Waals surface area (Å²) in [4.78, 5) is 0. The number of hydrogen-bond donors (Lipinski definition) is 2. The summed E-state index contributed by atoms with van der Waals surface area (Å²) < 4.78 is 40.0. The lowest BCUT2D eigenvalue weighted by Crippen LogP contribution is -2.38. The van der Waals surface area contributed by atoms with Gasteiger partial charge >= 0.3 is 0 Å². The number of nitrogens with one attached hydrogen (secondary N) is 1. The lowest BCUT2D eigenvalue weighted by molar-refractivity contribution is 0.275. The van der Waals surface area contributed by atoms with Crippen molar-refractivity contribution in [3.05, 3.63) is 34.6 Å². The zero-order chi connectivity index (χ0) is 14.5. The fraction of sp³-hybridized carbons (Fsp3) is 0.455. The molecular weight excluding hydrogens is 295 g/mol. The van der Waals surface area contributed by atoms with Crippen LogP contribution in [0.1, 0.15) is 12.0 Å². The van der Waals surface area contributed by atoms with Crippen LogP contribution in [0, 0.1) is 5.82 Å². The van der Waals surface area contributed by atoms with Crippen molar-refractivity contribution in [1.29, 1.82) is 0 Å². The maximum atomic E-state index is 12.9. The van der Waals surface area contributed by atoms with E-state index in [9.17, 15) is 12.8 Å². The molecule has 0 bridgehead atoms. The van der Waals surface area contributed by atoms with Crippen LogP contribution < -0.4 is 4.72 Å². The van der Waals surface area contributed by atoms with Gasteiger partial charge in [-0.2, -0.15) is 17.4 Å². The van der Waals surface area contributed by atoms with Crippen molar-refractivity contribution in [2.75, 3.05) is 20.2 Å². The minimum absolute atomic E-state index is 0.0196. The van der Waals surface area contributed by atoms with Crippen molar-refractivity contribution >= 4 is 21.8 Å². The third kappa shape index (κ3) is 5.04. The van der Waals surface area contributed by atoms with Gasteiger partial charge < -0.3 is 5.11 Å². The third-order valence-corrected chi connectivity index (χ3v) is 4.29. The van der Waals surface area contributed by atoms with E-state index in [1.807, 2.05) is 0 Å². The third-order valence-electron chi connectivity index (χ3n) is 2.48. The Morgan fingerprint density at radius 1 is 1.47 bits per heavy atom. The van der Waals surface area contributed by atoms with Crippen LogP contribution in [-0.2, 0) is 16.8 Å². The summed E-state index contributed by atoms with van der Waals surface area (Å²) in [5.74, 6) is -0.548. The Labute approximate surface area is 117 Å². The lowest BCUT2D eigenvalue weighted by atomic mass is 10.2. The summed E-state index contributed by atoms with van der Waals surface area (Å²) >= 11 is 5.60. The minimum atomic E-state index is -3.62. The molecule has 1 rings (SSSR count). The first-order valence-electron chi connectivity index (χ1n) is 5.62. The molecule has 0 amide bonds. The van der Waals surface area contributed by atoms with Crippen LogP contribution in [0.2, 0.25) is 5.02 Å². The summed E-state index contributed by atoms with van der Waals surface area (Å²) in [6, 6.07) is 4.01. The predicted molar refractivity (Wildman–Crippen MR) is 71.5 cm³/mol. The molecule has 0 saturated carbocycles. The Kier molecular flexibility index (Phi) is 6.15. The van der Waals surface area contributed by atoms with Gasteiger partial charge in [-0.15, -0.1) is 0 Å². The number of halogens is 2. The summed E-state index contributed by atoms with van der Waals surface area (Å²) in [6.07, 6.45) is 0.361. The maximum absolute atomic E-state index is 12.9. The monoisotopic (exact) mass is 310 g/mol. The number of hydrogen-bond acceptors (Lipinski definition) is 3. The van der Waals surface area contributed by atoms with Gasteiger partial charge in [0.05, 0.1) is 5.02 Å². The Bertz CT molecular complexity index is 525. The van der Waals surface area contributed by atoms with E-state index in [4.69, 9.17) is 16.7 Å². The van der Waals surface area contributed by atoms with Crippen LogP contribution in [0.15, 0.2) is 18.2 Å². The van der Waals surface area contributed by atoms with Crippen LogP contribution >= 0.6 is 11.6 Å². The van der Waals surface area contributed by atoms with Crippen LogP contribution in [0.25, 0.3) is 0 Å².